The van der Waals surface area contributed by atoms with Crippen LogP contribution in [0.5, 0.6) is 0 Å². The quantitative estimate of drug-likeness (QED) is 0.424. The van der Waals surface area contributed by atoms with E-state index in [1.807, 2.05) is 0 Å². The maximum Gasteiger partial charge on any atom is -0.00511 e. The van der Waals surface area contributed by atoms with E-state index in [-0.39, 0.29) is 0 Å². The largest absolute Gasteiger partial charge is 0.115 e. The van der Waals surface area contributed by atoms with Gasteiger partial charge < -0.3 is 0 Å². The van der Waals surface area contributed by atoms with Crippen LogP contribution in [0.25, 0.3) is 0 Å². The lowest BCUT2D eigenvalue weighted by Gasteiger charge is -1.95. The second kappa shape index (κ2) is 5.80. The second-order valence-corrected chi connectivity index (χ2v) is 2.69. The smallest absolute Gasteiger partial charge is 0.00511 e. The molecule has 0 saturated heterocycles. The highest BCUT2D eigenvalue weighted by molar-refractivity contribution is 5.21. The standard InChI is InChI=1S/C11H16/c1-5-10(3)8-7-9-11(4)6-2/h1,9H,3,6-8H2,2,4H3. The molecule has 0 atom stereocenters. The lowest BCUT2D eigenvalue weighted by Crippen LogP contribution is -1.77. The molecular formula is C11H16. The third-order valence-corrected chi connectivity index (χ3v) is 1.70. The maximum absolute atomic E-state index is 5.15. The Morgan fingerprint density at radius 3 is 2.73 bits per heavy atom. The van der Waals surface area contributed by atoms with Gasteiger partial charge in [0.2, 0.25) is 0 Å². The third kappa shape index (κ3) is 5.48. The normalized spacial score (nSPS) is 10.8. The molecule has 0 aliphatic rings. The Hall–Kier alpha value is -0.960. The van der Waals surface area contributed by atoms with Crippen LogP contribution >= 0.6 is 0 Å². The molecule has 0 radical (unpaired) electrons. The van der Waals surface area contributed by atoms with Gasteiger partial charge >= 0.3 is 0 Å². The van der Waals surface area contributed by atoms with E-state index in [2.05, 4.69) is 32.4 Å². The summed E-state index contributed by atoms with van der Waals surface area (Å²) in [6.07, 6.45) is 10.5. The van der Waals surface area contributed by atoms with E-state index in [0.717, 1.165) is 24.8 Å². The first-order valence-electron chi connectivity index (χ1n) is 4.00. The number of allylic oxidation sites excluding steroid dienone is 3. The fraction of sp³-hybridized carbons (Fsp3) is 0.455. The molecule has 0 spiro atoms. The molecule has 0 aromatic carbocycles. The van der Waals surface area contributed by atoms with Crippen molar-refractivity contribution < 1.29 is 0 Å². The molecule has 0 nitrogen and oxygen atoms in total. The molecule has 0 amide bonds. The van der Waals surface area contributed by atoms with Crippen molar-refractivity contribution in [1.82, 2.24) is 0 Å². The van der Waals surface area contributed by atoms with Crippen LogP contribution in [0.3, 0.4) is 0 Å². The first-order valence-corrected chi connectivity index (χ1v) is 4.00. The van der Waals surface area contributed by atoms with Crippen LogP contribution in [0, 0.1) is 12.3 Å². The summed E-state index contributed by atoms with van der Waals surface area (Å²) < 4.78 is 0. The third-order valence-electron chi connectivity index (χ3n) is 1.70. The number of hydrogen-bond donors (Lipinski definition) is 0. The average molecular weight is 148 g/mol. The van der Waals surface area contributed by atoms with Crippen LogP contribution in [0.15, 0.2) is 23.8 Å². The van der Waals surface area contributed by atoms with E-state index in [4.69, 9.17) is 6.42 Å². The van der Waals surface area contributed by atoms with Crippen molar-refractivity contribution in [3.05, 3.63) is 23.8 Å². The summed E-state index contributed by atoms with van der Waals surface area (Å²) in [5, 5.41) is 0. The second-order valence-electron chi connectivity index (χ2n) is 2.69. The number of hydrogen-bond acceptors (Lipinski definition) is 0. The summed E-state index contributed by atoms with van der Waals surface area (Å²) in [4.78, 5) is 0. The van der Waals surface area contributed by atoms with Crippen LogP contribution < -0.4 is 0 Å². The first kappa shape index (κ1) is 10.0. The highest BCUT2D eigenvalue weighted by Gasteiger charge is 1.87. The highest BCUT2D eigenvalue weighted by Crippen LogP contribution is 2.05. The molecule has 0 rings (SSSR count). The molecule has 0 bridgehead atoms. The minimum atomic E-state index is 0.894. The Labute approximate surface area is 70.0 Å². The van der Waals surface area contributed by atoms with Crippen LogP contribution in [0.2, 0.25) is 0 Å². The fourth-order valence-corrected chi connectivity index (χ4v) is 0.709. The predicted octanol–water partition coefficient (Wildman–Crippen LogP) is 3.31. The van der Waals surface area contributed by atoms with E-state index in [1.54, 1.807) is 0 Å². The summed E-state index contributed by atoms with van der Waals surface area (Å²) in [6.45, 7) is 8.02. The van der Waals surface area contributed by atoms with Crippen LogP contribution in [0.4, 0.5) is 0 Å². The Bertz CT molecular complexity index is 189. The van der Waals surface area contributed by atoms with Crippen LogP contribution in [-0.2, 0) is 0 Å². The molecule has 0 N–H and O–H groups in total. The first-order chi connectivity index (χ1) is 5.20. The van der Waals surface area contributed by atoms with E-state index >= 15 is 0 Å². The molecule has 0 saturated carbocycles. The predicted molar refractivity (Wildman–Crippen MR) is 51.3 cm³/mol. The summed E-state index contributed by atoms with van der Waals surface area (Å²) >= 11 is 0. The Kier molecular flexibility index (Phi) is 5.29. The number of terminal acetylenes is 1. The zero-order valence-corrected chi connectivity index (χ0v) is 7.48. The van der Waals surface area contributed by atoms with Crippen molar-refractivity contribution in [2.75, 3.05) is 0 Å². The van der Waals surface area contributed by atoms with Gasteiger partial charge in [-0.05, 0) is 31.8 Å². The Balaban J connectivity index is 3.58. The van der Waals surface area contributed by atoms with Crippen molar-refractivity contribution >= 4 is 0 Å². The van der Waals surface area contributed by atoms with Crippen molar-refractivity contribution in [2.45, 2.75) is 33.1 Å². The van der Waals surface area contributed by atoms with Crippen molar-refractivity contribution in [1.29, 1.82) is 0 Å². The molecule has 0 heteroatoms. The van der Waals surface area contributed by atoms with Gasteiger partial charge in [-0.3, -0.25) is 0 Å². The molecule has 0 heterocycles. The molecule has 11 heavy (non-hydrogen) atoms. The van der Waals surface area contributed by atoms with E-state index < -0.39 is 0 Å². The van der Waals surface area contributed by atoms with Gasteiger partial charge in [0.15, 0.2) is 0 Å². The SMILES string of the molecule is C#CC(=C)CCC=C(C)CC. The topological polar surface area (TPSA) is 0 Å². The van der Waals surface area contributed by atoms with Gasteiger partial charge in [-0.1, -0.05) is 31.1 Å². The molecule has 60 valence electrons. The van der Waals surface area contributed by atoms with Crippen molar-refractivity contribution in [2.24, 2.45) is 0 Å². The molecule has 0 aliphatic heterocycles. The van der Waals surface area contributed by atoms with E-state index in [1.165, 1.54) is 5.57 Å². The van der Waals surface area contributed by atoms with Gasteiger partial charge in [-0.2, -0.15) is 0 Å². The van der Waals surface area contributed by atoms with E-state index in [9.17, 15) is 0 Å². The van der Waals surface area contributed by atoms with Crippen molar-refractivity contribution in [3.63, 3.8) is 0 Å². The lowest BCUT2D eigenvalue weighted by atomic mass is 10.1. The minimum absolute atomic E-state index is 0.894. The zero-order valence-electron chi connectivity index (χ0n) is 7.48. The molecule has 0 fully saturated rings. The average Bonchev–Trinajstić information content (AvgIpc) is 2.04. The van der Waals surface area contributed by atoms with Gasteiger partial charge in [0.05, 0.1) is 0 Å². The minimum Gasteiger partial charge on any atom is -0.115 e. The molecule has 0 unspecified atom stereocenters. The zero-order chi connectivity index (χ0) is 8.69. The maximum atomic E-state index is 5.15. The summed E-state index contributed by atoms with van der Waals surface area (Å²) in [7, 11) is 0. The van der Waals surface area contributed by atoms with Gasteiger partial charge in [0.25, 0.3) is 0 Å². The van der Waals surface area contributed by atoms with Crippen molar-refractivity contribution in [3.8, 4) is 12.3 Å². The monoisotopic (exact) mass is 148 g/mol. The molecule has 0 aromatic heterocycles. The van der Waals surface area contributed by atoms with Crippen LogP contribution in [-0.4, -0.2) is 0 Å². The van der Waals surface area contributed by atoms with Gasteiger partial charge in [0.1, 0.15) is 0 Å². The Morgan fingerprint density at radius 2 is 2.27 bits per heavy atom. The highest BCUT2D eigenvalue weighted by atomic mass is 13.9. The molecular weight excluding hydrogens is 132 g/mol. The van der Waals surface area contributed by atoms with Crippen LogP contribution in [0.1, 0.15) is 33.1 Å². The Morgan fingerprint density at radius 1 is 1.64 bits per heavy atom. The summed E-state index contributed by atoms with van der Waals surface area (Å²) in [6, 6.07) is 0. The molecule has 0 aliphatic carbocycles. The fourth-order valence-electron chi connectivity index (χ4n) is 0.709. The summed E-state index contributed by atoms with van der Waals surface area (Å²) in [5.41, 5.74) is 2.32. The van der Waals surface area contributed by atoms with Gasteiger partial charge in [0, 0.05) is 0 Å². The van der Waals surface area contributed by atoms with E-state index in [0.29, 0.717) is 0 Å². The van der Waals surface area contributed by atoms with Gasteiger partial charge in [-0.15, -0.1) is 6.42 Å². The summed E-state index contributed by atoms with van der Waals surface area (Å²) in [5.74, 6) is 2.53. The van der Waals surface area contributed by atoms with Gasteiger partial charge in [-0.25, -0.2) is 0 Å². The lowest BCUT2D eigenvalue weighted by molar-refractivity contribution is 0.980. The number of rotatable bonds is 4. The molecule has 0 aromatic rings.